The molecule has 4 amide bonds. The Morgan fingerprint density at radius 1 is 1.11 bits per heavy atom. The van der Waals surface area contributed by atoms with Crippen LogP contribution >= 0.6 is 0 Å². The van der Waals surface area contributed by atoms with Crippen molar-refractivity contribution in [2.24, 2.45) is 5.41 Å². The molecule has 1 spiro atoms. The first kappa shape index (κ1) is 26.5. The largest absolute Gasteiger partial charge is 0.467 e. The summed E-state index contributed by atoms with van der Waals surface area (Å²) in [7, 11) is 1.28. The Hall–Kier alpha value is -3.08. The molecule has 0 aliphatic carbocycles. The van der Waals surface area contributed by atoms with Gasteiger partial charge >= 0.3 is 12.0 Å². The summed E-state index contributed by atoms with van der Waals surface area (Å²) in [5.74, 6) is -0.957. The first-order valence-electron chi connectivity index (χ1n) is 11.9. The molecular formula is C24H36N4O7. The molecule has 0 aromatic carbocycles. The van der Waals surface area contributed by atoms with Crippen molar-refractivity contribution in [3.8, 4) is 0 Å². The number of piperidine rings is 1. The zero-order valence-corrected chi connectivity index (χ0v) is 20.9. The van der Waals surface area contributed by atoms with Gasteiger partial charge in [-0.3, -0.25) is 9.59 Å². The molecule has 11 heteroatoms. The van der Waals surface area contributed by atoms with Crippen LogP contribution in [0.2, 0.25) is 0 Å². The van der Waals surface area contributed by atoms with Gasteiger partial charge in [0.25, 0.3) is 5.91 Å². The number of methoxy groups -OCH3 is 1. The highest BCUT2D eigenvalue weighted by molar-refractivity contribution is 5.94. The van der Waals surface area contributed by atoms with Gasteiger partial charge in [-0.2, -0.15) is 0 Å². The Balaban J connectivity index is 1.46. The lowest BCUT2D eigenvalue weighted by molar-refractivity contribution is -0.146. The van der Waals surface area contributed by atoms with Crippen LogP contribution in [0.4, 0.5) is 4.79 Å². The number of carbonyl (C=O) groups excluding carboxylic acids is 4. The van der Waals surface area contributed by atoms with E-state index in [0.717, 1.165) is 19.3 Å². The van der Waals surface area contributed by atoms with Crippen LogP contribution in [-0.4, -0.2) is 91.7 Å². The Kier molecular flexibility index (Phi) is 8.42. The van der Waals surface area contributed by atoms with E-state index in [4.69, 9.17) is 13.9 Å². The molecule has 3 heterocycles. The summed E-state index contributed by atoms with van der Waals surface area (Å²) in [6, 6.07) is 1.94. The van der Waals surface area contributed by atoms with Crippen LogP contribution in [0.15, 0.2) is 22.8 Å². The summed E-state index contributed by atoms with van der Waals surface area (Å²) >= 11 is 0. The molecule has 11 nitrogen and oxygen atoms in total. The molecule has 2 aliphatic rings. The number of hydrogen-bond acceptors (Lipinski definition) is 7. The molecule has 0 radical (unpaired) electrons. The molecule has 2 fully saturated rings. The fraction of sp³-hybridized carbons (Fsp3) is 0.667. The lowest BCUT2D eigenvalue weighted by Gasteiger charge is -2.39. The Labute approximate surface area is 205 Å². The second kappa shape index (κ2) is 11.1. The average Bonchev–Trinajstić information content (AvgIpc) is 3.50. The molecule has 194 valence electrons. The molecule has 2 N–H and O–H groups in total. The van der Waals surface area contributed by atoms with Crippen molar-refractivity contribution in [1.29, 1.82) is 0 Å². The summed E-state index contributed by atoms with van der Waals surface area (Å²) in [6.45, 7) is 7.81. The second-order valence-electron chi connectivity index (χ2n) is 10.2. The van der Waals surface area contributed by atoms with Gasteiger partial charge < -0.3 is 34.3 Å². The van der Waals surface area contributed by atoms with E-state index in [1.165, 1.54) is 19.4 Å². The number of rotatable bonds is 7. The molecule has 2 saturated heterocycles. The van der Waals surface area contributed by atoms with Gasteiger partial charge in [0, 0.05) is 26.2 Å². The highest BCUT2D eigenvalue weighted by Gasteiger charge is 2.43. The highest BCUT2D eigenvalue weighted by Crippen LogP contribution is 2.40. The summed E-state index contributed by atoms with van der Waals surface area (Å²) in [4.78, 5) is 53.0. The number of amides is 4. The number of nitrogens with one attached hydrogen (secondary N) is 2. The first-order valence-corrected chi connectivity index (χ1v) is 11.9. The van der Waals surface area contributed by atoms with Crippen LogP contribution in [-0.2, 0) is 19.1 Å². The second-order valence-corrected chi connectivity index (χ2v) is 10.2. The standard InChI is InChI=1S/C24H36N4O7/c1-23(2,3)35-15-17(21(31)33-4)26-22(32)28-12-9-24(16-28)7-10-27(11-8-24)19(29)14-25-20(30)18-6-5-13-34-18/h5-6,13,17H,7-12,14-16H2,1-4H3,(H,25,30)(H,26,32)/t17-/m0/s1. The number of furan rings is 1. The lowest BCUT2D eigenvalue weighted by atomic mass is 9.78. The van der Waals surface area contributed by atoms with Crippen molar-refractivity contribution in [2.75, 3.05) is 46.4 Å². The van der Waals surface area contributed by atoms with E-state index in [0.29, 0.717) is 26.2 Å². The minimum absolute atomic E-state index is 0.0222. The Morgan fingerprint density at radius 3 is 2.34 bits per heavy atom. The molecule has 0 bridgehead atoms. The number of carbonyl (C=O) groups is 4. The fourth-order valence-electron chi connectivity index (χ4n) is 4.39. The minimum Gasteiger partial charge on any atom is -0.467 e. The van der Waals surface area contributed by atoms with E-state index in [-0.39, 0.29) is 36.3 Å². The van der Waals surface area contributed by atoms with Gasteiger partial charge in [-0.15, -0.1) is 0 Å². The normalized spacial score (nSPS) is 18.3. The molecule has 3 rings (SSSR count). The highest BCUT2D eigenvalue weighted by atomic mass is 16.5. The first-order chi connectivity index (χ1) is 16.5. The van der Waals surface area contributed by atoms with E-state index in [1.807, 2.05) is 20.8 Å². The average molecular weight is 493 g/mol. The predicted octanol–water partition coefficient (Wildman–Crippen LogP) is 1.39. The van der Waals surface area contributed by atoms with Gasteiger partial charge in [0.1, 0.15) is 0 Å². The van der Waals surface area contributed by atoms with Crippen LogP contribution in [0.1, 0.15) is 50.6 Å². The third kappa shape index (κ3) is 7.20. The van der Waals surface area contributed by atoms with Gasteiger partial charge in [0.05, 0.1) is 32.1 Å². The third-order valence-corrected chi connectivity index (χ3v) is 6.51. The summed E-state index contributed by atoms with van der Waals surface area (Å²) < 4.78 is 15.5. The van der Waals surface area contributed by atoms with Gasteiger partial charge in [0.2, 0.25) is 5.91 Å². The maximum absolute atomic E-state index is 12.9. The van der Waals surface area contributed by atoms with Crippen LogP contribution in [0.25, 0.3) is 0 Å². The van der Waals surface area contributed by atoms with E-state index in [9.17, 15) is 19.2 Å². The number of esters is 1. The van der Waals surface area contributed by atoms with Crippen molar-refractivity contribution in [3.63, 3.8) is 0 Å². The summed E-state index contributed by atoms with van der Waals surface area (Å²) in [5, 5.41) is 5.33. The molecule has 1 atom stereocenters. The molecule has 1 aromatic rings. The van der Waals surface area contributed by atoms with Gasteiger partial charge in [-0.25, -0.2) is 9.59 Å². The van der Waals surface area contributed by atoms with Crippen molar-refractivity contribution in [1.82, 2.24) is 20.4 Å². The molecule has 2 aliphatic heterocycles. The van der Waals surface area contributed by atoms with Crippen LogP contribution in [0, 0.1) is 5.41 Å². The monoisotopic (exact) mass is 492 g/mol. The number of ether oxygens (including phenoxy) is 2. The SMILES string of the molecule is COC(=O)[C@H](COC(C)(C)C)NC(=O)N1CCC2(CCN(C(=O)CNC(=O)c3ccco3)CC2)C1. The molecule has 0 unspecified atom stereocenters. The van der Waals surface area contributed by atoms with Crippen LogP contribution in [0.3, 0.4) is 0 Å². The molecule has 35 heavy (non-hydrogen) atoms. The van der Waals surface area contributed by atoms with Crippen molar-refractivity contribution in [3.05, 3.63) is 24.2 Å². The van der Waals surface area contributed by atoms with E-state index < -0.39 is 23.5 Å². The maximum Gasteiger partial charge on any atom is 0.330 e. The van der Waals surface area contributed by atoms with E-state index in [2.05, 4.69) is 10.6 Å². The zero-order valence-electron chi connectivity index (χ0n) is 20.9. The Morgan fingerprint density at radius 2 is 1.77 bits per heavy atom. The van der Waals surface area contributed by atoms with E-state index >= 15 is 0 Å². The Bertz CT molecular complexity index is 901. The van der Waals surface area contributed by atoms with Crippen molar-refractivity contribution >= 4 is 23.8 Å². The number of hydrogen-bond donors (Lipinski definition) is 2. The van der Waals surface area contributed by atoms with E-state index in [1.54, 1.807) is 15.9 Å². The number of urea groups is 1. The lowest BCUT2D eigenvalue weighted by Crippen LogP contribution is -2.51. The topological polar surface area (TPSA) is 130 Å². The fourth-order valence-corrected chi connectivity index (χ4v) is 4.39. The van der Waals surface area contributed by atoms with Gasteiger partial charge in [0.15, 0.2) is 11.8 Å². The number of likely N-dealkylation sites (tertiary alicyclic amines) is 2. The summed E-state index contributed by atoms with van der Waals surface area (Å²) in [5.41, 5.74) is -0.518. The quantitative estimate of drug-likeness (QED) is 0.550. The molecule has 0 saturated carbocycles. The predicted molar refractivity (Wildman–Crippen MR) is 126 cm³/mol. The van der Waals surface area contributed by atoms with Gasteiger partial charge in [-0.1, -0.05) is 0 Å². The van der Waals surface area contributed by atoms with Crippen molar-refractivity contribution < 1.29 is 33.1 Å². The maximum atomic E-state index is 12.9. The van der Waals surface area contributed by atoms with Crippen LogP contribution in [0.5, 0.6) is 0 Å². The smallest absolute Gasteiger partial charge is 0.330 e. The molecular weight excluding hydrogens is 456 g/mol. The van der Waals surface area contributed by atoms with Crippen LogP contribution < -0.4 is 10.6 Å². The third-order valence-electron chi connectivity index (χ3n) is 6.51. The zero-order chi connectivity index (χ0) is 25.6. The number of nitrogens with zero attached hydrogens (tertiary/aromatic N) is 2. The summed E-state index contributed by atoms with van der Waals surface area (Å²) in [6.07, 6.45) is 3.77. The minimum atomic E-state index is -0.890. The van der Waals surface area contributed by atoms with Crippen molar-refractivity contribution in [2.45, 2.75) is 51.7 Å². The molecule has 1 aromatic heterocycles. The van der Waals surface area contributed by atoms with Gasteiger partial charge in [-0.05, 0) is 57.6 Å².